The van der Waals surface area contributed by atoms with Crippen molar-refractivity contribution in [1.29, 1.82) is 0 Å². The van der Waals surface area contributed by atoms with E-state index in [0.29, 0.717) is 5.92 Å². The summed E-state index contributed by atoms with van der Waals surface area (Å²) < 4.78 is 11.3. The normalized spacial score (nSPS) is 16.5. The predicted molar refractivity (Wildman–Crippen MR) is 77.5 cm³/mol. The topological polar surface area (TPSA) is 30.5 Å². The Bertz CT molecular complexity index is 362. The standard InChI is InChI=1S/C16H25NO2/c1-2-8-17-12-15-4-3-5-16(11-15)19-13-14-6-9-18-10-7-14/h3-5,11,14,17H,2,6-10,12-13H2,1H3. The first-order chi connectivity index (χ1) is 9.38. The van der Waals surface area contributed by atoms with E-state index in [1.807, 2.05) is 6.07 Å². The van der Waals surface area contributed by atoms with Crippen LogP contribution in [0.3, 0.4) is 0 Å². The van der Waals surface area contributed by atoms with Gasteiger partial charge in [-0.15, -0.1) is 0 Å². The van der Waals surface area contributed by atoms with Crippen LogP contribution in [0.1, 0.15) is 31.7 Å². The van der Waals surface area contributed by atoms with Crippen LogP contribution in [-0.2, 0) is 11.3 Å². The smallest absolute Gasteiger partial charge is 0.119 e. The molecule has 0 unspecified atom stereocenters. The van der Waals surface area contributed by atoms with E-state index in [0.717, 1.165) is 51.5 Å². The molecule has 19 heavy (non-hydrogen) atoms. The molecule has 1 aliphatic heterocycles. The highest BCUT2D eigenvalue weighted by molar-refractivity contribution is 5.28. The summed E-state index contributed by atoms with van der Waals surface area (Å²) in [5, 5.41) is 3.41. The maximum absolute atomic E-state index is 5.91. The fourth-order valence-corrected chi connectivity index (χ4v) is 2.28. The Morgan fingerprint density at radius 2 is 2.16 bits per heavy atom. The second-order valence-electron chi connectivity index (χ2n) is 5.19. The molecule has 1 fully saturated rings. The first-order valence-electron chi connectivity index (χ1n) is 7.38. The van der Waals surface area contributed by atoms with Gasteiger partial charge in [0.2, 0.25) is 0 Å². The molecule has 1 N–H and O–H groups in total. The Kier molecular flexibility index (Phi) is 6.18. The largest absolute Gasteiger partial charge is 0.493 e. The zero-order valence-electron chi connectivity index (χ0n) is 11.9. The van der Waals surface area contributed by atoms with Crippen molar-refractivity contribution in [3.8, 4) is 5.75 Å². The fourth-order valence-electron chi connectivity index (χ4n) is 2.28. The van der Waals surface area contributed by atoms with Crippen molar-refractivity contribution in [1.82, 2.24) is 5.32 Å². The van der Waals surface area contributed by atoms with E-state index in [-0.39, 0.29) is 0 Å². The van der Waals surface area contributed by atoms with Crippen LogP contribution >= 0.6 is 0 Å². The maximum Gasteiger partial charge on any atom is 0.119 e. The van der Waals surface area contributed by atoms with E-state index < -0.39 is 0 Å². The van der Waals surface area contributed by atoms with Crippen LogP contribution in [0, 0.1) is 5.92 Å². The van der Waals surface area contributed by atoms with Crippen molar-refractivity contribution in [2.45, 2.75) is 32.7 Å². The highest BCUT2D eigenvalue weighted by atomic mass is 16.5. The minimum atomic E-state index is 0.649. The highest BCUT2D eigenvalue weighted by Gasteiger charge is 2.14. The Hall–Kier alpha value is -1.06. The van der Waals surface area contributed by atoms with Gasteiger partial charge in [-0.25, -0.2) is 0 Å². The third kappa shape index (κ3) is 5.21. The Morgan fingerprint density at radius 3 is 2.95 bits per heavy atom. The van der Waals surface area contributed by atoms with Gasteiger partial charge in [-0.05, 0) is 49.4 Å². The lowest BCUT2D eigenvalue weighted by Gasteiger charge is -2.22. The average molecular weight is 263 g/mol. The van der Waals surface area contributed by atoms with E-state index in [1.54, 1.807) is 0 Å². The molecule has 0 aliphatic carbocycles. The van der Waals surface area contributed by atoms with E-state index in [4.69, 9.17) is 9.47 Å². The molecule has 0 spiro atoms. The molecule has 0 bridgehead atoms. The first kappa shape index (κ1) is 14.4. The Labute approximate surface area is 116 Å². The molecule has 3 nitrogen and oxygen atoms in total. The van der Waals surface area contributed by atoms with Crippen LogP contribution in [-0.4, -0.2) is 26.4 Å². The molecule has 0 amide bonds. The lowest BCUT2D eigenvalue weighted by Crippen LogP contribution is -2.21. The Morgan fingerprint density at radius 1 is 1.32 bits per heavy atom. The predicted octanol–water partition coefficient (Wildman–Crippen LogP) is 2.99. The minimum Gasteiger partial charge on any atom is -0.493 e. The number of hydrogen-bond donors (Lipinski definition) is 1. The van der Waals surface area contributed by atoms with Gasteiger partial charge in [0.1, 0.15) is 5.75 Å². The molecule has 106 valence electrons. The molecule has 1 saturated heterocycles. The molecule has 1 aliphatic rings. The van der Waals surface area contributed by atoms with E-state index in [9.17, 15) is 0 Å². The summed E-state index contributed by atoms with van der Waals surface area (Å²) in [5.74, 6) is 1.64. The van der Waals surface area contributed by atoms with Gasteiger partial charge in [0, 0.05) is 19.8 Å². The summed E-state index contributed by atoms with van der Waals surface area (Å²) in [7, 11) is 0. The summed E-state index contributed by atoms with van der Waals surface area (Å²) in [6.45, 7) is 6.75. The van der Waals surface area contributed by atoms with Crippen LogP contribution in [0.25, 0.3) is 0 Å². The van der Waals surface area contributed by atoms with Crippen LogP contribution in [0.15, 0.2) is 24.3 Å². The summed E-state index contributed by atoms with van der Waals surface area (Å²) in [4.78, 5) is 0. The van der Waals surface area contributed by atoms with Crippen LogP contribution in [0.2, 0.25) is 0 Å². The lowest BCUT2D eigenvalue weighted by atomic mass is 10.0. The molecule has 3 heteroatoms. The van der Waals surface area contributed by atoms with Crippen molar-refractivity contribution < 1.29 is 9.47 Å². The molecule has 1 aromatic carbocycles. The Balaban J connectivity index is 1.77. The van der Waals surface area contributed by atoms with E-state index in [1.165, 1.54) is 12.0 Å². The van der Waals surface area contributed by atoms with Crippen LogP contribution < -0.4 is 10.1 Å². The van der Waals surface area contributed by atoms with Crippen molar-refractivity contribution in [2.24, 2.45) is 5.92 Å². The molecule has 1 heterocycles. The van der Waals surface area contributed by atoms with Gasteiger partial charge in [0.25, 0.3) is 0 Å². The molecular formula is C16H25NO2. The van der Waals surface area contributed by atoms with Gasteiger partial charge >= 0.3 is 0 Å². The van der Waals surface area contributed by atoms with Gasteiger partial charge in [-0.1, -0.05) is 19.1 Å². The lowest BCUT2D eigenvalue weighted by molar-refractivity contribution is 0.0497. The number of ether oxygens (including phenoxy) is 2. The fraction of sp³-hybridized carbons (Fsp3) is 0.625. The molecule has 0 aromatic heterocycles. The van der Waals surface area contributed by atoms with Crippen molar-refractivity contribution >= 4 is 0 Å². The van der Waals surface area contributed by atoms with Crippen LogP contribution in [0.4, 0.5) is 0 Å². The molecule has 0 saturated carbocycles. The van der Waals surface area contributed by atoms with Gasteiger partial charge < -0.3 is 14.8 Å². The average Bonchev–Trinajstić information content (AvgIpc) is 2.47. The molecule has 0 atom stereocenters. The molecular weight excluding hydrogens is 238 g/mol. The minimum absolute atomic E-state index is 0.649. The third-order valence-electron chi connectivity index (χ3n) is 3.48. The zero-order valence-corrected chi connectivity index (χ0v) is 11.9. The van der Waals surface area contributed by atoms with Gasteiger partial charge in [-0.2, -0.15) is 0 Å². The van der Waals surface area contributed by atoms with Crippen molar-refractivity contribution in [3.63, 3.8) is 0 Å². The number of hydrogen-bond acceptors (Lipinski definition) is 3. The summed E-state index contributed by atoms with van der Waals surface area (Å²) in [6.07, 6.45) is 3.41. The van der Waals surface area contributed by atoms with Crippen LogP contribution in [0.5, 0.6) is 5.75 Å². The molecule has 1 aromatic rings. The van der Waals surface area contributed by atoms with Gasteiger partial charge in [-0.3, -0.25) is 0 Å². The second kappa shape index (κ2) is 8.18. The first-order valence-corrected chi connectivity index (χ1v) is 7.38. The molecule has 0 radical (unpaired) electrons. The van der Waals surface area contributed by atoms with Gasteiger partial charge in [0.15, 0.2) is 0 Å². The SMILES string of the molecule is CCCNCc1cccc(OCC2CCOCC2)c1. The number of nitrogens with one attached hydrogen (secondary N) is 1. The van der Waals surface area contributed by atoms with Crippen molar-refractivity contribution in [3.05, 3.63) is 29.8 Å². The van der Waals surface area contributed by atoms with E-state index >= 15 is 0 Å². The quantitative estimate of drug-likeness (QED) is 0.767. The molecule has 2 rings (SSSR count). The maximum atomic E-state index is 5.91. The number of benzene rings is 1. The summed E-state index contributed by atoms with van der Waals surface area (Å²) >= 11 is 0. The van der Waals surface area contributed by atoms with Crippen molar-refractivity contribution in [2.75, 3.05) is 26.4 Å². The number of rotatable bonds is 7. The zero-order chi connectivity index (χ0) is 13.3. The second-order valence-corrected chi connectivity index (χ2v) is 5.19. The van der Waals surface area contributed by atoms with Gasteiger partial charge in [0.05, 0.1) is 6.61 Å². The third-order valence-corrected chi connectivity index (χ3v) is 3.48. The monoisotopic (exact) mass is 263 g/mol. The summed E-state index contributed by atoms with van der Waals surface area (Å²) in [5.41, 5.74) is 1.29. The van der Waals surface area contributed by atoms with E-state index in [2.05, 4.69) is 30.4 Å². The summed E-state index contributed by atoms with van der Waals surface area (Å²) in [6, 6.07) is 8.40. The highest BCUT2D eigenvalue weighted by Crippen LogP contribution is 2.18.